The number of rotatable bonds is 6. The predicted molar refractivity (Wildman–Crippen MR) is 126 cm³/mol. The van der Waals surface area contributed by atoms with Crippen molar-refractivity contribution in [2.45, 2.75) is 13.8 Å². The summed E-state index contributed by atoms with van der Waals surface area (Å²) in [5.41, 5.74) is 2.05. The van der Waals surface area contributed by atoms with E-state index >= 15 is 0 Å². The van der Waals surface area contributed by atoms with Crippen molar-refractivity contribution in [2.75, 3.05) is 50.1 Å². The van der Waals surface area contributed by atoms with E-state index in [1.807, 2.05) is 6.92 Å². The molecule has 170 valence electrons. The van der Waals surface area contributed by atoms with Crippen LogP contribution in [0, 0.1) is 0 Å². The minimum atomic E-state index is -0.489. The average Bonchev–Trinajstić information content (AvgIpc) is 2.80. The normalized spacial score (nSPS) is 13.5. The summed E-state index contributed by atoms with van der Waals surface area (Å²) in [6.07, 6.45) is 0. The van der Waals surface area contributed by atoms with Crippen LogP contribution in [0.1, 0.15) is 34.6 Å². The molecule has 1 saturated heterocycles. The van der Waals surface area contributed by atoms with Gasteiger partial charge in [-0.25, -0.2) is 4.79 Å². The lowest BCUT2D eigenvalue weighted by Crippen LogP contribution is -2.48. The lowest BCUT2D eigenvalue weighted by molar-refractivity contribution is -0.129. The number of carbonyl (C=O) groups excluding carboxylic acids is 3. The number of nitrogens with one attached hydrogen (secondary N) is 1. The SMILES string of the molecule is CCOc1ccc(C(=O)Nc2cc(C(=O)OC)ccc2N2CCN(C(C)=O)CC2)cc1Br. The molecule has 2 aromatic carbocycles. The summed E-state index contributed by atoms with van der Waals surface area (Å²) >= 11 is 3.43. The van der Waals surface area contributed by atoms with E-state index in [9.17, 15) is 14.4 Å². The van der Waals surface area contributed by atoms with Crippen molar-refractivity contribution in [1.29, 1.82) is 0 Å². The number of nitrogens with zero attached hydrogens (tertiary/aromatic N) is 2. The first-order chi connectivity index (χ1) is 15.3. The van der Waals surface area contributed by atoms with Crippen LogP contribution in [-0.4, -0.2) is 62.6 Å². The van der Waals surface area contributed by atoms with Gasteiger partial charge in [0.15, 0.2) is 0 Å². The summed E-state index contributed by atoms with van der Waals surface area (Å²) in [7, 11) is 1.31. The molecule has 1 aliphatic heterocycles. The van der Waals surface area contributed by atoms with Crippen molar-refractivity contribution in [3.63, 3.8) is 0 Å². The standard InChI is InChI=1S/C23H26BrN3O5/c1-4-32-21-8-6-16(13-18(21)24)22(29)25-19-14-17(23(30)31-3)5-7-20(19)27-11-9-26(10-12-27)15(2)28/h5-8,13-14H,4,9-12H2,1-3H3,(H,25,29). The van der Waals surface area contributed by atoms with Crippen molar-refractivity contribution >= 4 is 45.1 Å². The van der Waals surface area contributed by atoms with Gasteiger partial charge in [0, 0.05) is 38.7 Å². The van der Waals surface area contributed by atoms with Crippen molar-refractivity contribution in [2.24, 2.45) is 0 Å². The van der Waals surface area contributed by atoms with E-state index in [2.05, 4.69) is 26.1 Å². The third kappa shape index (κ3) is 5.40. The Bertz CT molecular complexity index is 1020. The predicted octanol–water partition coefficient (Wildman–Crippen LogP) is 3.56. The van der Waals surface area contributed by atoms with Gasteiger partial charge in [-0.05, 0) is 59.3 Å². The Morgan fingerprint density at radius 3 is 2.31 bits per heavy atom. The summed E-state index contributed by atoms with van der Waals surface area (Å²) in [6.45, 7) is 6.38. The summed E-state index contributed by atoms with van der Waals surface area (Å²) in [5, 5.41) is 2.93. The molecule has 3 rings (SSSR count). The van der Waals surface area contributed by atoms with Crippen LogP contribution in [0.4, 0.5) is 11.4 Å². The van der Waals surface area contributed by atoms with Crippen molar-refractivity contribution in [3.05, 3.63) is 52.0 Å². The molecule has 1 heterocycles. The second kappa shape index (κ2) is 10.5. The number of methoxy groups -OCH3 is 1. The molecule has 9 heteroatoms. The Kier molecular flexibility index (Phi) is 7.74. The number of benzene rings is 2. The minimum Gasteiger partial charge on any atom is -0.493 e. The zero-order valence-electron chi connectivity index (χ0n) is 18.3. The van der Waals surface area contributed by atoms with Crippen molar-refractivity contribution in [1.82, 2.24) is 4.90 Å². The van der Waals surface area contributed by atoms with Crippen molar-refractivity contribution < 1.29 is 23.9 Å². The van der Waals surface area contributed by atoms with E-state index in [1.165, 1.54) is 7.11 Å². The molecule has 2 aromatic rings. The van der Waals surface area contributed by atoms with E-state index in [0.29, 0.717) is 59.8 Å². The molecule has 1 N–H and O–H groups in total. The number of ether oxygens (including phenoxy) is 2. The van der Waals surface area contributed by atoms with Crippen LogP contribution in [0.3, 0.4) is 0 Å². The number of esters is 1. The molecule has 8 nitrogen and oxygen atoms in total. The summed E-state index contributed by atoms with van der Waals surface area (Å²) in [6, 6.07) is 10.2. The van der Waals surface area contributed by atoms with Gasteiger partial charge in [-0.2, -0.15) is 0 Å². The first-order valence-electron chi connectivity index (χ1n) is 10.3. The number of carbonyl (C=O) groups is 3. The molecular weight excluding hydrogens is 478 g/mol. The number of hydrogen-bond acceptors (Lipinski definition) is 6. The largest absolute Gasteiger partial charge is 0.493 e. The molecule has 2 amide bonds. The molecular formula is C23H26BrN3O5. The third-order valence-electron chi connectivity index (χ3n) is 5.23. The summed E-state index contributed by atoms with van der Waals surface area (Å²) < 4.78 is 11.0. The second-order valence-electron chi connectivity index (χ2n) is 7.25. The Labute approximate surface area is 195 Å². The molecule has 0 atom stereocenters. The lowest BCUT2D eigenvalue weighted by atomic mass is 10.1. The Morgan fingerprint density at radius 2 is 1.72 bits per heavy atom. The van der Waals surface area contributed by atoms with Gasteiger partial charge in [0.25, 0.3) is 5.91 Å². The fraction of sp³-hybridized carbons (Fsp3) is 0.348. The quantitative estimate of drug-likeness (QED) is 0.606. The van der Waals surface area contributed by atoms with Crippen LogP contribution >= 0.6 is 15.9 Å². The zero-order chi connectivity index (χ0) is 23.3. The van der Waals surface area contributed by atoms with Gasteiger partial charge in [-0.1, -0.05) is 0 Å². The van der Waals surface area contributed by atoms with Gasteiger partial charge in [0.2, 0.25) is 5.91 Å². The highest BCUT2D eigenvalue weighted by Crippen LogP contribution is 2.30. The summed E-state index contributed by atoms with van der Waals surface area (Å²) in [4.78, 5) is 40.6. The molecule has 32 heavy (non-hydrogen) atoms. The van der Waals surface area contributed by atoms with E-state index in [4.69, 9.17) is 9.47 Å². The minimum absolute atomic E-state index is 0.0419. The molecule has 0 bridgehead atoms. The molecule has 1 aliphatic rings. The first kappa shape index (κ1) is 23.6. The number of amides is 2. The van der Waals surface area contributed by atoms with Crippen LogP contribution in [0.2, 0.25) is 0 Å². The lowest BCUT2D eigenvalue weighted by Gasteiger charge is -2.36. The van der Waals surface area contributed by atoms with E-state index in [1.54, 1.807) is 48.2 Å². The van der Waals surface area contributed by atoms with Gasteiger partial charge in [-0.15, -0.1) is 0 Å². The highest BCUT2D eigenvalue weighted by Gasteiger charge is 2.23. The fourth-order valence-corrected chi connectivity index (χ4v) is 4.02. The second-order valence-corrected chi connectivity index (χ2v) is 8.10. The van der Waals surface area contributed by atoms with E-state index in [0.717, 1.165) is 5.69 Å². The Balaban J connectivity index is 1.87. The van der Waals surface area contributed by atoms with Gasteiger partial charge >= 0.3 is 5.97 Å². The van der Waals surface area contributed by atoms with Gasteiger partial charge < -0.3 is 24.6 Å². The smallest absolute Gasteiger partial charge is 0.337 e. The number of hydrogen-bond donors (Lipinski definition) is 1. The molecule has 0 spiro atoms. The highest BCUT2D eigenvalue weighted by molar-refractivity contribution is 9.10. The molecule has 0 unspecified atom stereocenters. The van der Waals surface area contributed by atoms with Crippen LogP contribution in [0.5, 0.6) is 5.75 Å². The maximum absolute atomic E-state index is 13.0. The maximum atomic E-state index is 13.0. The third-order valence-corrected chi connectivity index (χ3v) is 5.85. The van der Waals surface area contributed by atoms with Crippen molar-refractivity contribution in [3.8, 4) is 5.75 Å². The molecule has 1 fully saturated rings. The summed E-state index contributed by atoms with van der Waals surface area (Å²) in [5.74, 6) is -0.113. The number of anilines is 2. The maximum Gasteiger partial charge on any atom is 0.337 e. The average molecular weight is 504 g/mol. The van der Waals surface area contributed by atoms with Crippen LogP contribution in [0.15, 0.2) is 40.9 Å². The van der Waals surface area contributed by atoms with Gasteiger partial charge in [-0.3, -0.25) is 9.59 Å². The van der Waals surface area contributed by atoms with E-state index in [-0.39, 0.29) is 11.8 Å². The van der Waals surface area contributed by atoms with Crippen LogP contribution < -0.4 is 15.0 Å². The van der Waals surface area contributed by atoms with Gasteiger partial charge in [0.1, 0.15) is 5.75 Å². The monoisotopic (exact) mass is 503 g/mol. The van der Waals surface area contributed by atoms with Crippen LogP contribution in [-0.2, 0) is 9.53 Å². The van der Waals surface area contributed by atoms with Crippen LogP contribution in [0.25, 0.3) is 0 Å². The zero-order valence-corrected chi connectivity index (χ0v) is 19.9. The van der Waals surface area contributed by atoms with Gasteiger partial charge in [0.05, 0.1) is 35.1 Å². The molecule has 0 radical (unpaired) electrons. The fourth-order valence-electron chi connectivity index (χ4n) is 3.53. The molecule has 0 saturated carbocycles. The molecule has 0 aliphatic carbocycles. The molecule has 0 aromatic heterocycles. The number of piperazine rings is 1. The van der Waals surface area contributed by atoms with E-state index < -0.39 is 5.97 Å². The topological polar surface area (TPSA) is 88.2 Å². The Morgan fingerprint density at radius 1 is 1.03 bits per heavy atom. The Hall–Kier alpha value is -3.07. The number of halogens is 1. The highest BCUT2D eigenvalue weighted by atomic mass is 79.9. The first-order valence-corrected chi connectivity index (χ1v) is 11.1.